The van der Waals surface area contributed by atoms with E-state index in [1.165, 1.54) is 27.7 Å². The van der Waals surface area contributed by atoms with Crippen molar-refractivity contribution in [1.29, 1.82) is 0 Å². The molecule has 0 aliphatic carbocycles. The molecule has 0 bridgehead atoms. The first-order valence-electron chi connectivity index (χ1n) is 15.5. The first-order chi connectivity index (χ1) is 21.0. The maximum Gasteiger partial charge on any atom is 0.303 e. The number of rotatable bonds is 14. The van der Waals surface area contributed by atoms with Gasteiger partial charge in [0.15, 0.2) is 49.6 Å². The topological polar surface area (TPSA) is 161 Å². The highest BCUT2D eigenvalue weighted by atomic mass is 28.4. The summed E-state index contributed by atoms with van der Waals surface area (Å²) in [6.07, 6.45) is -8.11. The standard InChI is InChI=1S/C29H54O14Si3/c1-17(30)34-15-23-26(41-44(5,6)7)27(42-45(8,9)10)28(43-46(11,12)13)29(40-23)36-14-21-24(38-19(3)32)25(39-20(4)33)22(16-35-21)37-18(2)31/h21-29H,14-16H2,1-13H3/t21?,22?,23?,24-,25?,26?,27?,28?,29+/m1/s1. The third-order valence-corrected chi connectivity index (χ3v) is 9.33. The number of hydrogen-bond donors (Lipinski definition) is 0. The lowest BCUT2D eigenvalue weighted by Crippen LogP contribution is -2.66. The highest BCUT2D eigenvalue weighted by molar-refractivity contribution is 6.70. The van der Waals surface area contributed by atoms with Crippen molar-refractivity contribution >= 4 is 48.8 Å². The maximum absolute atomic E-state index is 12.2. The Morgan fingerprint density at radius 2 is 1.04 bits per heavy atom. The molecule has 2 aliphatic rings. The highest BCUT2D eigenvalue weighted by Crippen LogP contribution is 2.35. The van der Waals surface area contributed by atoms with Gasteiger partial charge in [0.2, 0.25) is 0 Å². The Hall–Kier alpha value is -1.71. The Kier molecular flexibility index (Phi) is 14.6. The second kappa shape index (κ2) is 16.6. The van der Waals surface area contributed by atoms with Crippen molar-refractivity contribution in [2.75, 3.05) is 19.8 Å². The van der Waals surface area contributed by atoms with Crippen LogP contribution >= 0.6 is 0 Å². The van der Waals surface area contributed by atoms with Crippen molar-refractivity contribution < 1.29 is 65.6 Å². The lowest BCUT2D eigenvalue weighted by atomic mass is 9.98. The molecule has 17 heteroatoms. The summed E-state index contributed by atoms with van der Waals surface area (Å²) in [4.78, 5) is 47.8. The number of ether oxygens (including phenoxy) is 7. The minimum atomic E-state index is -2.27. The quantitative estimate of drug-likeness (QED) is 0.147. The van der Waals surface area contributed by atoms with Crippen LogP contribution in [0.5, 0.6) is 0 Å². The van der Waals surface area contributed by atoms with E-state index in [9.17, 15) is 19.2 Å². The van der Waals surface area contributed by atoms with E-state index in [2.05, 4.69) is 39.3 Å². The molecule has 7 unspecified atom stereocenters. The van der Waals surface area contributed by atoms with Crippen LogP contribution in [0.1, 0.15) is 27.7 Å². The molecule has 0 aromatic rings. The molecule has 0 N–H and O–H groups in total. The summed E-state index contributed by atoms with van der Waals surface area (Å²) < 4.78 is 60.7. The van der Waals surface area contributed by atoms with Crippen molar-refractivity contribution in [3.63, 3.8) is 0 Å². The van der Waals surface area contributed by atoms with Gasteiger partial charge >= 0.3 is 23.9 Å². The van der Waals surface area contributed by atoms with E-state index >= 15 is 0 Å². The van der Waals surface area contributed by atoms with E-state index in [1.54, 1.807) is 0 Å². The number of hydrogen-bond acceptors (Lipinski definition) is 14. The molecule has 0 amide bonds. The van der Waals surface area contributed by atoms with E-state index in [0.717, 1.165) is 0 Å². The van der Waals surface area contributed by atoms with Gasteiger partial charge in [0.1, 0.15) is 37.1 Å². The summed E-state index contributed by atoms with van der Waals surface area (Å²) in [7, 11) is -6.70. The monoisotopic (exact) mass is 710 g/mol. The number of carbonyl (C=O) groups is 4. The van der Waals surface area contributed by atoms with Gasteiger partial charge in [0, 0.05) is 27.7 Å². The predicted molar refractivity (Wildman–Crippen MR) is 172 cm³/mol. The molecule has 2 rings (SSSR count). The Bertz CT molecular complexity index is 1050. The van der Waals surface area contributed by atoms with E-state index in [0.29, 0.717) is 0 Å². The van der Waals surface area contributed by atoms with Crippen molar-refractivity contribution in [2.45, 2.75) is 142 Å². The van der Waals surface area contributed by atoms with E-state index in [1.807, 2.05) is 19.6 Å². The predicted octanol–water partition coefficient (Wildman–Crippen LogP) is 3.15. The van der Waals surface area contributed by atoms with Crippen LogP contribution in [-0.2, 0) is 65.6 Å². The lowest BCUT2D eigenvalue weighted by Gasteiger charge is -2.50. The fourth-order valence-corrected chi connectivity index (χ4v) is 8.37. The number of carbonyl (C=O) groups excluding carboxylic acids is 4. The minimum absolute atomic E-state index is 0.107. The molecule has 2 aliphatic heterocycles. The third-order valence-electron chi connectivity index (χ3n) is 6.39. The van der Waals surface area contributed by atoms with Gasteiger partial charge in [0.25, 0.3) is 0 Å². The van der Waals surface area contributed by atoms with Crippen LogP contribution in [-0.4, -0.2) is 124 Å². The largest absolute Gasteiger partial charge is 0.463 e. The van der Waals surface area contributed by atoms with Crippen LogP contribution in [0.3, 0.4) is 0 Å². The average molecular weight is 711 g/mol. The van der Waals surface area contributed by atoms with Crippen LogP contribution in [0.25, 0.3) is 0 Å². The molecule has 0 spiro atoms. The Morgan fingerprint density at radius 3 is 1.52 bits per heavy atom. The van der Waals surface area contributed by atoms with Crippen LogP contribution in [0.4, 0.5) is 0 Å². The second-order valence-corrected chi connectivity index (χ2v) is 27.8. The molecule has 2 heterocycles. The zero-order valence-electron chi connectivity index (χ0n) is 29.5. The van der Waals surface area contributed by atoms with Gasteiger partial charge in [-0.25, -0.2) is 0 Å². The Morgan fingerprint density at radius 1 is 0.565 bits per heavy atom. The average Bonchev–Trinajstić information content (AvgIpc) is 2.84. The van der Waals surface area contributed by atoms with Gasteiger partial charge in [-0.1, -0.05) is 0 Å². The van der Waals surface area contributed by atoms with Crippen molar-refractivity contribution in [1.82, 2.24) is 0 Å². The fraction of sp³-hybridized carbons (Fsp3) is 0.862. The molecule has 0 radical (unpaired) electrons. The summed E-state index contributed by atoms with van der Waals surface area (Å²) in [6.45, 7) is 22.9. The number of esters is 4. The zero-order valence-corrected chi connectivity index (χ0v) is 32.5. The molecule has 2 fully saturated rings. The molecule has 266 valence electrons. The Balaban J connectivity index is 2.52. The van der Waals surface area contributed by atoms with E-state index < -0.39 is 104 Å². The first-order valence-corrected chi connectivity index (χ1v) is 25.8. The summed E-state index contributed by atoms with van der Waals surface area (Å²) in [5.74, 6) is -2.42. The van der Waals surface area contributed by atoms with E-state index in [-0.39, 0.29) is 19.8 Å². The summed E-state index contributed by atoms with van der Waals surface area (Å²) in [5, 5.41) is 0. The van der Waals surface area contributed by atoms with Crippen molar-refractivity contribution in [2.24, 2.45) is 0 Å². The maximum atomic E-state index is 12.2. The van der Waals surface area contributed by atoms with Crippen molar-refractivity contribution in [3.8, 4) is 0 Å². The van der Waals surface area contributed by atoms with Crippen molar-refractivity contribution in [3.05, 3.63) is 0 Å². The van der Waals surface area contributed by atoms with Gasteiger partial charge < -0.3 is 46.4 Å². The van der Waals surface area contributed by atoms with Gasteiger partial charge in [-0.05, 0) is 58.9 Å². The van der Waals surface area contributed by atoms with E-state index in [4.69, 9.17) is 46.4 Å². The molecular weight excluding hydrogens is 657 g/mol. The first kappa shape index (κ1) is 40.5. The molecule has 14 nitrogen and oxygen atoms in total. The van der Waals surface area contributed by atoms with Gasteiger partial charge in [-0.15, -0.1) is 0 Å². The SMILES string of the molecule is CC(=O)OCC1O[C@H](OCC2OCC(OC(C)=O)C(OC(C)=O)[C@@H]2OC(C)=O)C(O[Si](C)(C)C)C(O[Si](C)(C)C)C1O[Si](C)(C)C. The Labute approximate surface area is 275 Å². The van der Waals surface area contributed by atoms with Crippen LogP contribution in [0.15, 0.2) is 0 Å². The van der Waals surface area contributed by atoms with Crippen LogP contribution < -0.4 is 0 Å². The molecule has 0 aromatic carbocycles. The summed E-state index contributed by atoms with van der Waals surface area (Å²) in [5.41, 5.74) is 0. The normalized spacial score (nSPS) is 30.7. The van der Waals surface area contributed by atoms with Gasteiger partial charge in [-0.2, -0.15) is 0 Å². The molecular formula is C29H54O14Si3. The van der Waals surface area contributed by atoms with Gasteiger partial charge in [-0.3, -0.25) is 19.2 Å². The van der Waals surface area contributed by atoms with Gasteiger partial charge in [0.05, 0.1) is 13.2 Å². The zero-order chi connectivity index (χ0) is 35.2. The summed E-state index contributed by atoms with van der Waals surface area (Å²) >= 11 is 0. The molecule has 46 heavy (non-hydrogen) atoms. The lowest BCUT2D eigenvalue weighted by molar-refractivity contribution is -0.304. The molecule has 0 aromatic heterocycles. The van der Waals surface area contributed by atoms with Crippen LogP contribution in [0.2, 0.25) is 58.9 Å². The smallest absolute Gasteiger partial charge is 0.303 e. The van der Waals surface area contributed by atoms with Crippen LogP contribution in [0, 0.1) is 0 Å². The molecule has 2 saturated heterocycles. The molecule has 0 saturated carbocycles. The summed E-state index contributed by atoms with van der Waals surface area (Å²) in [6, 6.07) is 0. The fourth-order valence-electron chi connectivity index (χ4n) is 5.12. The minimum Gasteiger partial charge on any atom is -0.463 e. The second-order valence-electron chi connectivity index (χ2n) is 14.4. The third kappa shape index (κ3) is 13.8. The molecule has 9 atom stereocenters. The highest BCUT2D eigenvalue weighted by Gasteiger charge is 2.53.